The third-order valence-electron chi connectivity index (χ3n) is 4.52. The lowest BCUT2D eigenvalue weighted by molar-refractivity contribution is -0.118. The summed E-state index contributed by atoms with van der Waals surface area (Å²) < 4.78 is 26.9. The van der Waals surface area contributed by atoms with Crippen molar-refractivity contribution in [1.29, 1.82) is 0 Å². The van der Waals surface area contributed by atoms with Gasteiger partial charge in [0.05, 0.1) is 4.90 Å². The third kappa shape index (κ3) is 3.80. The first-order valence-electron chi connectivity index (χ1n) is 8.66. The Balaban J connectivity index is 1.81. The first kappa shape index (κ1) is 18.6. The molecule has 26 heavy (non-hydrogen) atoms. The Morgan fingerprint density at radius 3 is 2.65 bits per heavy atom. The lowest BCUT2D eigenvalue weighted by atomic mass is 10.0. The molecular weight excluding hydrogens is 350 g/mol. The number of nitrogens with zero attached hydrogens (tertiary/aromatic N) is 1. The van der Waals surface area contributed by atoms with Crippen molar-refractivity contribution < 1.29 is 13.2 Å². The van der Waals surface area contributed by atoms with E-state index in [0.717, 1.165) is 11.1 Å². The van der Waals surface area contributed by atoms with E-state index >= 15 is 0 Å². The predicted octanol–water partition coefficient (Wildman–Crippen LogP) is 1.96. The highest BCUT2D eigenvalue weighted by Gasteiger charge is 2.28. The van der Waals surface area contributed by atoms with E-state index in [2.05, 4.69) is 4.72 Å². The number of hydrogen-bond donors (Lipinski definition) is 2. The molecule has 6 nitrogen and oxygen atoms in total. The van der Waals surface area contributed by atoms with Crippen molar-refractivity contribution >= 4 is 21.6 Å². The molecule has 2 aromatic carbocycles. The molecule has 0 radical (unpaired) electrons. The van der Waals surface area contributed by atoms with Gasteiger partial charge >= 0.3 is 0 Å². The number of rotatable bonds is 6. The van der Waals surface area contributed by atoms with Crippen LogP contribution in [0, 0.1) is 0 Å². The minimum atomic E-state index is -3.56. The van der Waals surface area contributed by atoms with Crippen LogP contribution in [0.5, 0.6) is 0 Å². The Morgan fingerprint density at radius 2 is 1.96 bits per heavy atom. The zero-order chi connectivity index (χ0) is 18.7. The topological polar surface area (TPSA) is 92.5 Å². The summed E-state index contributed by atoms with van der Waals surface area (Å²) in [6, 6.07) is 14.0. The molecule has 1 aliphatic rings. The molecule has 1 amide bonds. The highest BCUT2D eigenvalue weighted by Crippen LogP contribution is 2.31. The van der Waals surface area contributed by atoms with Gasteiger partial charge in [0.25, 0.3) is 0 Å². The van der Waals surface area contributed by atoms with E-state index in [1.807, 2.05) is 30.3 Å². The molecule has 0 aromatic heterocycles. The molecule has 0 aliphatic carbocycles. The molecule has 138 valence electrons. The summed E-state index contributed by atoms with van der Waals surface area (Å²) in [6.07, 6.45) is 0.886. The number of carbonyl (C=O) groups excluding carboxylic acids is 1. The molecule has 0 spiro atoms. The molecule has 1 heterocycles. The molecule has 0 bridgehead atoms. The van der Waals surface area contributed by atoms with Crippen molar-refractivity contribution in [2.24, 2.45) is 5.73 Å². The third-order valence-corrected chi connectivity index (χ3v) is 6.06. The summed E-state index contributed by atoms with van der Waals surface area (Å²) in [5.41, 5.74) is 8.71. The van der Waals surface area contributed by atoms with Gasteiger partial charge in [0.1, 0.15) is 0 Å². The second-order valence-corrected chi connectivity index (χ2v) is 8.08. The minimum Gasteiger partial charge on any atom is -0.324 e. The largest absolute Gasteiger partial charge is 0.324 e. The lowest BCUT2D eigenvalue weighted by Gasteiger charge is -2.20. The SMILES string of the molecule is CCNS(=O)(=O)c1ccc2c(c1)N(C(=O)CC(N)c1ccccc1)CC2. The second kappa shape index (κ2) is 7.57. The van der Waals surface area contributed by atoms with Gasteiger partial charge in [-0.15, -0.1) is 0 Å². The molecular formula is C19H23N3O3S. The van der Waals surface area contributed by atoms with E-state index in [9.17, 15) is 13.2 Å². The number of amides is 1. The van der Waals surface area contributed by atoms with Crippen molar-refractivity contribution in [3.05, 3.63) is 59.7 Å². The molecule has 1 unspecified atom stereocenters. The lowest BCUT2D eigenvalue weighted by Crippen LogP contribution is -2.32. The normalized spacial score (nSPS) is 14.9. The van der Waals surface area contributed by atoms with Crippen LogP contribution in [0.2, 0.25) is 0 Å². The number of sulfonamides is 1. The van der Waals surface area contributed by atoms with Crippen LogP contribution < -0.4 is 15.4 Å². The minimum absolute atomic E-state index is 0.0990. The van der Waals surface area contributed by atoms with Crippen molar-refractivity contribution in [3.8, 4) is 0 Å². The van der Waals surface area contributed by atoms with E-state index in [0.29, 0.717) is 25.2 Å². The van der Waals surface area contributed by atoms with E-state index < -0.39 is 10.0 Å². The quantitative estimate of drug-likeness (QED) is 0.810. The summed E-state index contributed by atoms with van der Waals surface area (Å²) in [6.45, 7) is 2.58. The average Bonchev–Trinajstić information content (AvgIpc) is 3.05. The fourth-order valence-corrected chi connectivity index (χ4v) is 4.24. The maximum absolute atomic E-state index is 12.8. The first-order valence-corrected chi connectivity index (χ1v) is 10.1. The Hall–Kier alpha value is -2.22. The Morgan fingerprint density at radius 1 is 1.23 bits per heavy atom. The monoisotopic (exact) mass is 373 g/mol. The smallest absolute Gasteiger partial charge is 0.240 e. The Labute approximate surface area is 154 Å². The average molecular weight is 373 g/mol. The Kier molecular flexibility index (Phi) is 5.41. The number of hydrogen-bond acceptors (Lipinski definition) is 4. The van der Waals surface area contributed by atoms with Crippen LogP contribution >= 0.6 is 0 Å². The number of anilines is 1. The number of nitrogens with two attached hydrogens (primary N) is 1. The number of benzene rings is 2. The standard InChI is InChI=1S/C19H23N3O3S/c1-2-21-26(24,25)16-9-8-15-10-11-22(18(15)12-16)19(23)13-17(20)14-6-4-3-5-7-14/h3-9,12,17,21H,2,10-11,13,20H2,1H3. The van der Waals surface area contributed by atoms with Gasteiger partial charge < -0.3 is 10.6 Å². The van der Waals surface area contributed by atoms with Crippen LogP contribution in [0.25, 0.3) is 0 Å². The van der Waals surface area contributed by atoms with Crippen LogP contribution in [0.3, 0.4) is 0 Å². The summed E-state index contributed by atoms with van der Waals surface area (Å²) >= 11 is 0. The van der Waals surface area contributed by atoms with Gasteiger partial charge in [-0.05, 0) is 29.7 Å². The van der Waals surface area contributed by atoms with Gasteiger partial charge in [0.2, 0.25) is 15.9 Å². The highest BCUT2D eigenvalue weighted by molar-refractivity contribution is 7.89. The van der Waals surface area contributed by atoms with E-state index in [1.54, 1.807) is 30.0 Å². The van der Waals surface area contributed by atoms with Crippen molar-refractivity contribution in [3.63, 3.8) is 0 Å². The zero-order valence-electron chi connectivity index (χ0n) is 14.7. The molecule has 3 rings (SSSR count). The molecule has 7 heteroatoms. The van der Waals surface area contributed by atoms with Gasteiger partial charge in [-0.1, -0.05) is 43.3 Å². The van der Waals surface area contributed by atoms with Crippen LogP contribution in [-0.4, -0.2) is 27.4 Å². The summed E-state index contributed by atoms with van der Waals surface area (Å²) in [5, 5.41) is 0. The van der Waals surface area contributed by atoms with Crippen molar-refractivity contribution in [2.45, 2.75) is 30.7 Å². The van der Waals surface area contributed by atoms with Crippen LogP contribution in [0.15, 0.2) is 53.4 Å². The van der Waals surface area contributed by atoms with Gasteiger partial charge in [-0.25, -0.2) is 13.1 Å². The maximum Gasteiger partial charge on any atom is 0.240 e. The van der Waals surface area contributed by atoms with Crippen molar-refractivity contribution in [1.82, 2.24) is 4.72 Å². The van der Waals surface area contributed by atoms with Crippen LogP contribution in [0.1, 0.15) is 30.5 Å². The fraction of sp³-hybridized carbons (Fsp3) is 0.316. The number of carbonyl (C=O) groups is 1. The van der Waals surface area contributed by atoms with Crippen molar-refractivity contribution in [2.75, 3.05) is 18.0 Å². The summed E-state index contributed by atoms with van der Waals surface area (Å²) in [4.78, 5) is 14.6. The van der Waals surface area contributed by atoms with Gasteiger partial charge in [0.15, 0.2) is 0 Å². The summed E-state index contributed by atoms with van der Waals surface area (Å²) in [5.74, 6) is -0.0990. The molecule has 0 saturated carbocycles. The number of nitrogens with one attached hydrogen (secondary N) is 1. The molecule has 1 aliphatic heterocycles. The second-order valence-electron chi connectivity index (χ2n) is 6.31. The van der Waals surface area contributed by atoms with Gasteiger partial charge in [0, 0.05) is 31.2 Å². The van der Waals surface area contributed by atoms with E-state index in [-0.39, 0.29) is 23.3 Å². The molecule has 0 saturated heterocycles. The number of fused-ring (bicyclic) bond motifs is 1. The van der Waals surface area contributed by atoms with Crippen LogP contribution in [0.4, 0.5) is 5.69 Å². The molecule has 1 atom stereocenters. The molecule has 3 N–H and O–H groups in total. The zero-order valence-corrected chi connectivity index (χ0v) is 15.5. The van der Waals surface area contributed by atoms with Gasteiger partial charge in [-0.2, -0.15) is 0 Å². The maximum atomic E-state index is 12.8. The van der Waals surface area contributed by atoms with Gasteiger partial charge in [-0.3, -0.25) is 4.79 Å². The summed E-state index contributed by atoms with van der Waals surface area (Å²) in [7, 11) is -3.56. The Bertz CT molecular complexity index is 898. The molecule has 0 fully saturated rings. The van der Waals surface area contributed by atoms with E-state index in [1.165, 1.54) is 0 Å². The van der Waals surface area contributed by atoms with Crippen LogP contribution in [-0.2, 0) is 21.2 Å². The fourth-order valence-electron chi connectivity index (χ4n) is 3.17. The van der Waals surface area contributed by atoms with E-state index in [4.69, 9.17) is 5.73 Å². The highest BCUT2D eigenvalue weighted by atomic mass is 32.2. The predicted molar refractivity (Wildman–Crippen MR) is 101 cm³/mol. The molecule has 2 aromatic rings. The first-order chi connectivity index (χ1) is 12.4.